The highest BCUT2D eigenvalue weighted by Crippen LogP contribution is 2.20. The smallest absolute Gasteiger partial charge is 0.339 e. The van der Waals surface area contributed by atoms with Crippen molar-refractivity contribution in [2.45, 2.75) is 93.8 Å². The number of carbonyl (C=O) groups is 2. The average molecular weight is 391 g/mol. The van der Waals surface area contributed by atoms with Gasteiger partial charge in [0.25, 0.3) is 0 Å². The van der Waals surface area contributed by atoms with Crippen molar-refractivity contribution in [2.75, 3.05) is 0 Å². The molecule has 4 nitrogen and oxygen atoms in total. The van der Waals surface area contributed by atoms with Gasteiger partial charge in [0.05, 0.1) is 11.1 Å². The first kappa shape index (κ1) is 27.9. The van der Waals surface area contributed by atoms with Crippen molar-refractivity contribution in [1.82, 2.24) is 0 Å². The van der Waals surface area contributed by atoms with Crippen LogP contribution in [-0.4, -0.2) is 23.1 Å². The second-order valence-electron chi connectivity index (χ2n) is 7.42. The van der Waals surface area contributed by atoms with Gasteiger partial charge in [0.1, 0.15) is 11.2 Å². The topological polar surface area (TPSA) is 52.6 Å². The van der Waals surface area contributed by atoms with Gasteiger partial charge in [0.15, 0.2) is 0 Å². The summed E-state index contributed by atoms with van der Waals surface area (Å²) in [5, 5.41) is 0. The molecule has 0 N–H and O–H groups in total. The first-order valence-corrected chi connectivity index (χ1v) is 10.0. The van der Waals surface area contributed by atoms with Crippen LogP contribution in [0.5, 0.6) is 0 Å². The standard InChI is InChI=1S/C20H26O4.2C2H6/c1-8-9-10-14-11-12-15(17(21)23-19(2,3)4)16(13-14)18(22)24-20(5,6)7;2*1-2/h11-13H,8H2,1-7H3;2*1-2H3. The highest BCUT2D eigenvalue weighted by atomic mass is 16.6. The predicted molar refractivity (Wildman–Crippen MR) is 117 cm³/mol. The molecular weight excluding hydrogens is 352 g/mol. The molecule has 0 aliphatic carbocycles. The van der Waals surface area contributed by atoms with Gasteiger partial charge in [0, 0.05) is 12.0 Å². The van der Waals surface area contributed by atoms with E-state index in [0.717, 1.165) is 0 Å². The van der Waals surface area contributed by atoms with Crippen LogP contribution >= 0.6 is 0 Å². The third-order valence-electron chi connectivity index (χ3n) is 2.67. The van der Waals surface area contributed by atoms with Crippen LogP contribution in [0.4, 0.5) is 0 Å². The van der Waals surface area contributed by atoms with Crippen molar-refractivity contribution in [1.29, 1.82) is 0 Å². The lowest BCUT2D eigenvalue weighted by molar-refractivity contribution is 0.00187. The fourth-order valence-corrected chi connectivity index (χ4v) is 1.83. The molecule has 0 saturated heterocycles. The van der Waals surface area contributed by atoms with E-state index in [1.54, 1.807) is 59.7 Å². The summed E-state index contributed by atoms with van der Waals surface area (Å²) in [4.78, 5) is 24.9. The molecule has 0 amide bonds. The van der Waals surface area contributed by atoms with E-state index in [1.165, 1.54) is 0 Å². The molecule has 0 unspecified atom stereocenters. The van der Waals surface area contributed by atoms with Gasteiger partial charge in [-0.1, -0.05) is 46.5 Å². The van der Waals surface area contributed by atoms with E-state index >= 15 is 0 Å². The van der Waals surface area contributed by atoms with Crippen LogP contribution in [0.2, 0.25) is 0 Å². The molecular formula is C24H38O4. The van der Waals surface area contributed by atoms with Crippen LogP contribution in [0.1, 0.15) is 109 Å². The maximum absolute atomic E-state index is 12.5. The number of hydrogen-bond donors (Lipinski definition) is 0. The monoisotopic (exact) mass is 390 g/mol. The van der Waals surface area contributed by atoms with Crippen molar-refractivity contribution in [2.24, 2.45) is 0 Å². The van der Waals surface area contributed by atoms with E-state index in [-0.39, 0.29) is 11.1 Å². The molecule has 1 aromatic rings. The molecule has 0 saturated carbocycles. The summed E-state index contributed by atoms with van der Waals surface area (Å²) < 4.78 is 10.8. The van der Waals surface area contributed by atoms with Crippen LogP contribution in [-0.2, 0) is 9.47 Å². The summed E-state index contributed by atoms with van der Waals surface area (Å²) in [7, 11) is 0. The Kier molecular flexibility index (Phi) is 13.0. The molecule has 158 valence electrons. The molecule has 0 atom stereocenters. The Morgan fingerprint density at radius 3 is 1.64 bits per heavy atom. The number of rotatable bonds is 2. The zero-order chi connectivity index (χ0) is 22.5. The summed E-state index contributed by atoms with van der Waals surface area (Å²) in [6, 6.07) is 4.85. The lowest BCUT2D eigenvalue weighted by atomic mass is 10.0. The minimum Gasteiger partial charge on any atom is -0.456 e. The van der Waals surface area contributed by atoms with Gasteiger partial charge in [0.2, 0.25) is 0 Å². The Morgan fingerprint density at radius 1 is 0.821 bits per heavy atom. The minimum absolute atomic E-state index is 0.169. The number of esters is 2. The highest BCUT2D eigenvalue weighted by Gasteiger charge is 2.26. The third-order valence-corrected chi connectivity index (χ3v) is 2.67. The highest BCUT2D eigenvalue weighted by molar-refractivity contribution is 6.03. The van der Waals surface area contributed by atoms with Crippen molar-refractivity contribution in [3.63, 3.8) is 0 Å². The van der Waals surface area contributed by atoms with Gasteiger partial charge < -0.3 is 9.47 Å². The summed E-state index contributed by atoms with van der Waals surface area (Å²) in [6.45, 7) is 20.6. The number of carbonyl (C=O) groups excluding carboxylic acids is 2. The van der Waals surface area contributed by atoms with Crippen LogP contribution in [0, 0.1) is 11.8 Å². The van der Waals surface area contributed by atoms with Gasteiger partial charge >= 0.3 is 11.9 Å². The number of hydrogen-bond acceptors (Lipinski definition) is 4. The number of benzene rings is 1. The van der Waals surface area contributed by atoms with Crippen LogP contribution in [0.15, 0.2) is 18.2 Å². The molecule has 4 heteroatoms. The lowest BCUT2D eigenvalue weighted by Gasteiger charge is -2.22. The fraction of sp³-hybridized carbons (Fsp3) is 0.583. The van der Waals surface area contributed by atoms with Gasteiger partial charge in [-0.3, -0.25) is 0 Å². The van der Waals surface area contributed by atoms with Crippen molar-refractivity contribution in [3.05, 3.63) is 34.9 Å². The van der Waals surface area contributed by atoms with Crippen molar-refractivity contribution < 1.29 is 19.1 Å². The lowest BCUT2D eigenvalue weighted by Crippen LogP contribution is -2.28. The van der Waals surface area contributed by atoms with Gasteiger partial charge in [-0.25, -0.2) is 9.59 Å². The molecule has 0 bridgehead atoms. The molecule has 0 aliphatic rings. The molecule has 0 aromatic heterocycles. The van der Waals surface area contributed by atoms with Crippen LogP contribution in [0.3, 0.4) is 0 Å². The molecule has 0 spiro atoms. The van der Waals surface area contributed by atoms with Crippen molar-refractivity contribution >= 4 is 11.9 Å². The van der Waals surface area contributed by atoms with E-state index in [4.69, 9.17) is 9.47 Å². The predicted octanol–water partition coefficient (Wildman–Crippen LogP) is 6.41. The molecule has 0 radical (unpaired) electrons. The first-order chi connectivity index (χ1) is 12.9. The Morgan fingerprint density at radius 2 is 1.25 bits per heavy atom. The normalized spacial score (nSPS) is 10.1. The van der Waals surface area contributed by atoms with Crippen LogP contribution < -0.4 is 0 Å². The van der Waals surface area contributed by atoms with E-state index in [1.807, 2.05) is 34.6 Å². The molecule has 1 rings (SSSR count). The van der Waals surface area contributed by atoms with E-state index in [2.05, 4.69) is 11.8 Å². The Labute approximate surface area is 172 Å². The van der Waals surface area contributed by atoms with Gasteiger partial charge in [-0.2, -0.15) is 0 Å². The zero-order valence-electron chi connectivity index (χ0n) is 19.6. The van der Waals surface area contributed by atoms with Gasteiger partial charge in [-0.15, -0.1) is 0 Å². The largest absolute Gasteiger partial charge is 0.456 e. The second kappa shape index (κ2) is 13.0. The fourth-order valence-electron chi connectivity index (χ4n) is 1.83. The summed E-state index contributed by atoms with van der Waals surface area (Å²) in [6.07, 6.45) is 0.704. The molecule has 0 fully saturated rings. The quantitative estimate of drug-likeness (QED) is 0.432. The Hall–Kier alpha value is -2.28. The van der Waals surface area contributed by atoms with Crippen molar-refractivity contribution in [3.8, 4) is 11.8 Å². The zero-order valence-corrected chi connectivity index (χ0v) is 19.6. The summed E-state index contributed by atoms with van der Waals surface area (Å²) >= 11 is 0. The minimum atomic E-state index is -0.659. The van der Waals surface area contributed by atoms with E-state index in [0.29, 0.717) is 12.0 Å². The molecule has 0 heterocycles. The van der Waals surface area contributed by atoms with Crippen LogP contribution in [0.25, 0.3) is 0 Å². The maximum Gasteiger partial charge on any atom is 0.339 e. The Bertz CT molecular complexity index is 677. The summed E-state index contributed by atoms with van der Waals surface area (Å²) in [5.41, 5.74) is -0.301. The summed E-state index contributed by atoms with van der Waals surface area (Å²) in [5.74, 6) is 4.78. The van der Waals surface area contributed by atoms with Gasteiger partial charge in [-0.05, 0) is 59.7 Å². The SMILES string of the molecule is CC.CC.CCC#Cc1ccc(C(=O)OC(C)(C)C)c(C(=O)OC(C)(C)C)c1. The Balaban J connectivity index is 0. The van der Waals surface area contributed by atoms with E-state index in [9.17, 15) is 9.59 Å². The maximum atomic E-state index is 12.5. The first-order valence-electron chi connectivity index (χ1n) is 10.0. The average Bonchev–Trinajstić information content (AvgIpc) is 2.60. The molecule has 1 aromatic carbocycles. The second-order valence-corrected chi connectivity index (χ2v) is 7.42. The third kappa shape index (κ3) is 11.4. The molecule has 28 heavy (non-hydrogen) atoms. The molecule has 0 aliphatic heterocycles. The van der Waals surface area contributed by atoms with E-state index < -0.39 is 23.1 Å². The number of ether oxygens (including phenoxy) is 2.